The van der Waals surface area contributed by atoms with E-state index in [1.807, 2.05) is 83.1 Å². The number of sulfonamides is 1. The third kappa shape index (κ3) is 8.66. The van der Waals surface area contributed by atoms with E-state index in [-0.39, 0.29) is 30.8 Å². The Morgan fingerprint density at radius 1 is 1.00 bits per heavy atom. The van der Waals surface area contributed by atoms with Gasteiger partial charge in [0.15, 0.2) is 0 Å². The van der Waals surface area contributed by atoms with Gasteiger partial charge in [-0.25, -0.2) is 8.42 Å². The van der Waals surface area contributed by atoms with E-state index in [0.717, 1.165) is 16.7 Å². The molecule has 0 spiro atoms. The van der Waals surface area contributed by atoms with Gasteiger partial charge < -0.3 is 10.2 Å². The number of carbonyl (C=O) groups is 2. The van der Waals surface area contributed by atoms with Crippen molar-refractivity contribution in [3.63, 3.8) is 0 Å². The monoisotopic (exact) mass is 515 g/mol. The molecule has 2 aromatic carbocycles. The molecule has 0 bridgehead atoms. The average molecular weight is 516 g/mol. The van der Waals surface area contributed by atoms with E-state index in [4.69, 9.17) is 0 Å². The van der Waals surface area contributed by atoms with Crippen LogP contribution in [0.15, 0.2) is 48.5 Å². The second kappa shape index (κ2) is 13.4. The van der Waals surface area contributed by atoms with Crippen LogP contribution in [0.5, 0.6) is 0 Å². The molecule has 0 saturated carbocycles. The van der Waals surface area contributed by atoms with Crippen molar-refractivity contribution in [3.05, 3.63) is 65.2 Å². The van der Waals surface area contributed by atoms with Crippen molar-refractivity contribution in [2.24, 2.45) is 0 Å². The highest BCUT2D eigenvalue weighted by molar-refractivity contribution is 7.92. The molecule has 0 saturated heterocycles. The van der Waals surface area contributed by atoms with Crippen LogP contribution in [0.1, 0.15) is 56.7 Å². The van der Waals surface area contributed by atoms with Gasteiger partial charge in [0.1, 0.15) is 6.04 Å². The predicted octanol–water partition coefficient (Wildman–Crippen LogP) is 4.22. The minimum absolute atomic E-state index is 0.0292. The molecule has 7 nitrogen and oxygen atoms in total. The van der Waals surface area contributed by atoms with Gasteiger partial charge in [-0.2, -0.15) is 0 Å². The summed E-state index contributed by atoms with van der Waals surface area (Å²) in [6, 6.07) is 15.0. The first-order chi connectivity index (χ1) is 16.9. The molecule has 1 N–H and O–H groups in total. The minimum atomic E-state index is -3.53. The molecule has 36 heavy (non-hydrogen) atoms. The molecule has 0 aromatic heterocycles. The molecular formula is C28H41N3O4S. The van der Waals surface area contributed by atoms with Gasteiger partial charge in [0, 0.05) is 25.6 Å². The fourth-order valence-electron chi connectivity index (χ4n) is 4.25. The first-order valence-electron chi connectivity index (χ1n) is 12.6. The van der Waals surface area contributed by atoms with Gasteiger partial charge in [-0.3, -0.25) is 13.9 Å². The summed E-state index contributed by atoms with van der Waals surface area (Å²) in [7, 11) is -3.53. The Kier molecular flexibility index (Phi) is 11.0. The first kappa shape index (κ1) is 29.4. The van der Waals surface area contributed by atoms with Crippen molar-refractivity contribution in [1.82, 2.24) is 10.2 Å². The van der Waals surface area contributed by atoms with Gasteiger partial charge in [-0.05, 0) is 69.7 Å². The Morgan fingerprint density at radius 2 is 1.67 bits per heavy atom. The molecule has 2 amide bonds. The third-order valence-electron chi connectivity index (χ3n) is 6.09. The molecule has 198 valence electrons. The van der Waals surface area contributed by atoms with Gasteiger partial charge in [-0.1, -0.05) is 49.4 Å². The molecule has 0 heterocycles. The second-order valence-electron chi connectivity index (χ2n) is 9.64. The van der Waals surface area contributed by atoms with Gasteiger partial charge >= 0.3 is 0 Å². The van der Waals surface area contributed by atoms with Crippen LogP contribution < -0.4 is 9.62 Å². The number of hydrogen-bond acceptors (Lipinski definition) is 4. The van der Waals surface area contributed by atoms with Crippen molar-refractivity contribution in [1.29, 1.82) is 0 Å². The van der Waals surface area contributed by atoms with Gasteiger partial charge in [0.2, 0.25) is 21.8 Å². The number of amides is 2. The van der Waals surface area contributed by atoms with Gasteiger partial charge in [0.05, 0.1) is 11.9 Å². The molecule has 8 heteroatoms. The second-order valence-corrected chi connectivity index (χ2v) is 11.5. The zero-order valence-corrected chi connectivity index (χ0v) is 23.3. The Balaban J connectivity index is 2.19. The van der Waals surface area contributed by atoms with E-state index in [2.05, 4.69) is 5.32 Å². The van der Waals surface area contributed by atoms with E-state index >= 15 is 0 Å². The van der Waals surface area contributed by atoms with Crippen LogP contribution in [0.2, 0.25) is 0 Å². The summed E-state index contributed by atoms with van der Waals surface area (Å²) >= 11 is 0. The molecule has 0 fully saturated rings. The number of hydrogen-bond donors (Lipinski definition) is 1. The molecule has 2 aromatic rings. The van der Waals surface area contributed by atoms with Crippen LogP contribution in [0, 0.1) is 13.8 Å². The molecule has 1 unspecified atom stereocenters. The largest absolute Gasteiger partial charge is 0.352 e. The zero-order valence-electron chi connectivity index (χ0n) is 22.5. The van der Waals surface area contributed by atoms with Crippen LogP contribution >= 0.6 is 0 Å². The molecule has 0 radical (unpaired) electrons. The molecule has 0 aliphatic rings. The summed E-state index contributed by atoms with van der Waals surface area (Å²) in [5.74, 6) is -0.312. The van der Waals surface area contributed by atoms with Crippen LogP contribution in [0.4, 0.5) is 5.69 Å². The number of aryl methyl sites for hydroxylation is 2. The van der Waals surface area contributed by atoms with Crippen LogP contribution in [-0.4, -0.2) is 56.6 Å². The molecule has 0 aliphatic carbocycles. The maximum absolute atomic E-state index is 13.4. The number of anilines is 1. The maximum atomic E-state index is 13.4. The summed E-state index contributed by atoms with van der Waals surface area (Å²) in [6.07, 6.45) is 2.82. The van der Waals surface area contributed by atoms with Gasteiger partial charge in [0.25, 0.3) is 0 Å². The van der Waals surface area contributed by atoms with Crippen molar-refractivity contribution >= 4 is 27.5 Å². The van der Waals surface area contributed by atoms with Crippen LogP contribution in [0.3, 0.4) is 0 Å². The van der Waals surface area contributed by atoms with E-state index in [1.54, 1.807) is 4.90 Å². The first-order valence-corrected chi connectivity index (χ1v) is 14.5. The lowest BCUT2D eigenvalue weighted by Crippen LogP contribution is -2.51. The zero-order chi connectivity index (χ0) is 26.9. The summed E-state index contributed by atoms with van der Waals surface area (Å²) < 4.78 is 26.6. The Morgan fingerprint density at radius 3 is 2.25 bits per heavy atom. The van der Waals surface area contributed by atoms with E-state index in [9.17, 15) is 18.0 Å². The lowest BCUT2D eigenvalue weighted by molar-refractivity contribution is -0.141. The van der Waals surface area contributed by atoms with Crippen LogP contribution in [-0.2, 0) is 26.0 Å². The van der Waals surface area contributed by atoms with Crippen LogP contribution in [0.25, 0.3) is 0 Å². The van der Waals surface area contributed by atoms with Gasteiger partial charge in [-0.15, -0.1) is 0 Å². The predicted molar refractivity (Wildman–Crippen MR) is 147 cm³/mol. The minimum Gasteiger partial charge on any atom is -0.352 e. The van der Waals surface area contributed by atoms with Crippen molar-refractivity contribution < 1.29 is 18.0 Å². The quantitative estimate of drug-likeness (QED) is 0.433. The number of nitrogens with one attached hydrogen (secondary N) is 1. The van der Waals surface area contributed by atoms with Crippen molar-refractivity contribution in [2.45, 2.75) is 72.4 Å². The smallest absolute Gasteiger partial charge is 0.242 e. The van der Waals surface area contributed by atoms with E-state index < -0.39 is 16.1 Å². The lowest BCUT2D eigenvalue weighted by Gasteiger charge is -2.31. The number of nitrogens with zero attached hydrogens (tertiary/aromatic N) is 2. The summed E-state index contributed by atoms with van der Waals surface area (Å²) in [4.78, 5) is 28.0. The lowest BCUT2D eigenvalue weighted by atomic mass is 10.1. The van der Waals surface area contributed by atoms with Crippen molar-refractivity contribution in [2.75, 3.05) is 23.7 Å². The van der Waals surface area contributed by atoms with Crippen molar-refractivity contribution in [3.8, 4) is 0 Å². The fourth-order valence-corrected chi connectivity index (χ4v) is 5.26. The SMILES string of the molecule is CCC(C(=O)NC(C)C)N(CCc1ccccc1)C(=O)CCCN(c1cc(C)ccc1C)S(C)(=O)=O. The topological polar surface area (TPSA) is 86.8 Å². The highest BCUT2D eigenvalue weighted by Gasteiger charge is 2.29. The highest BCUT2D eigenvalue weighted by Crippen LogP contribution is 2.24. The third-order valence-corrected chi connectivity index (χ3v) is 7.27. The standard InChI is InChI=1S/C28H41N3O4S/c1-7-25(28(33)29-21(2)3)30(19-17-24-12-9-8-10-13-24)27(32)14-11-18-31(36(6,34)35)26-20-22(4)15-16-23(26)5/h8-10,12-13,15-16,20-21,25H,7,11,14,17-19H2,1-6H3,(H,29,33). The fraction of sp³-hybridized carbons (Fsp3) is 0.500. The molecular weight excluding hydrogens is 474 g/mol. The Labute approximate surface area is 216 Å². The normalized spacial score (nSPS) is 12.3. The number of carbonyl (C=O) groups excluding carboxylic acids is 2. The van der Waals surface area contributed by atoms with E-state index in [0.29, 0.717) is 31.5 Å². The Bertz CT molecular complexity index is 1120. The maximum Gasteiger partial charge on any atom is 0.242 e. The molecule has 1 atom stereocenters. The van der Waals surface area contributed by atoms with E-state index in [1.165, 1.54) is 10.6 Å². The summed E-state index contributed by atoms with van der Waals surface area (Å²) in [5, 5.41) is 2.93. The molecule has 2 rings (SSSR count). The molecule has 0 aliphatic heterocycles. The highest BCUT2D eigenvalue weighted by atomic mass is 32.2. The summed E-state index contributed by atoms with van der Waals surface area (Å²) in [6.45, 7) is 10.1. The average Bonchev–Trinajstić information content (AvgIpc) is 2.80. The number of benzene rings is 2. The number of rotatable bonds is 13. The summed E-state index contributed by atoms with van der Waals surface area (Å²) in [5.41, 5.74) is 3.55. The Hall–Kier alpha value is -2.87.